The minimum Gasteiger partial charge on any atom is -0.300 e. The first-order chi connectivity index (χ1) is 6.52. The number of ketones is 2. The van der Waals surface area contributed by atoms with Gasteiger partial charge >= 0.3 is 0 Å². The van der Waals surface area contributed by atoms with Crippen molar-refractivity contribution in [1.29, 1.82) is 0 Å². The fourth-order valence-electron chi connectivity index (χ4n) is 1.52. The van der Waals surface area contributed by atoms with Gasteiger partial charge in [0, 0.05) is 19.3 Å². The Kier molecular flexibility index (Phi) is 7.35. The summed E-state index contributed by atoms with van der Waals surface area (Å²) in [6, 6.07) is 0. The van der Waals surface area contributed by atoms with Crippen LogP contribution in [0, 0.1) is 5.92 Å². The smallest absolute Gasteiger partial charge is 0.132 e. The normalized spacial score (nSPS) is 16.1. The Labute approximate surface area is 87.1 Å². The Morgan fingerprint density at radius 3 is 1.86 bits per heavy atom. The number of Topliss-reactive ketones (excluding diaryl/α,β-unsaturated/α-hetero) is 2. The highest BCUT2D eigenvalue weighted by Crippen LogP contribution is 2.12. The molecule has 0 bridgehead atoms. The highest BCUT2D eigenvalue weighted by atomic mass is 16.1. The van der Waals surface area contributed by atoms with Gasteiger partial charge in [-0.15, -0.1) is 0 Å². The zero-order valence-corrected chi connectivity index (χ0v) is 9.64. The van der Waals surface area contributed by atoms with Crippen LogP contribution in [-0.2, 0) is 9.59 Å². The molecule has 0 N–H and O–H groups in total. The molecule has 0 aromatic carbocycles. The molecule has 0 saturated heterocycles. The maximum Gasteiger partial charge on any atom is 0.132 e. The van der Waals surface area contributed by atoms with E-state index in [9.17, 15) is 9.59 Å². The van der Waals surface area contributed by atoms with Crippen LogP contribution in [0.5, 0.6) is 0 Å². The molecule has 0 amide bonds. The molecule has 0 aromatic rings. The van der Waals surface area contributed by atoms with Crippen LogP contribution < -0.4 is 0 Å². The summed E-state index contributed by atoms with van der Waals surface area (Å²) in [5.74, 6) is 1.28. The average Bonchev–Trinajstić information content (AvgIpc) is 2.03. The quantitative estimate of drug-likeness (QED) is 0.683. The van der Waals surface area contributed by atoms with E-state index >= 15 is 0 Å². The number of rotatable bonds is 2. The van der Waals surface area contributed by atoms with Crippen LogP contribution in [-0.4, -0.2) is 11.6 Å². The lowest BCUT2D eigenvalue weighted by molar-refractivity contribution is -0.120. The summed E-state index contributed by atoms with van der Waals surface area (Å²) < 4.78 is 0. The van der Waals surface area contributed by atoms with Gasteiger partial charge in [0.25, 0.3) is 0 Å². The summed E-state index contributed by atoms with van der Waals surface area (Å²) in [6.45, 7) is 5.71. The highest BCUT2D eigenvalue weighted by molar-refractivity contribution is 5.78. The number of carbonyl (C=O) groups is 2. The second-order valence-corrected chi connectivity index (χ2v) is 4.40. The van der Waals surface area contributed by atoms with Gasteiger partial charge < -0.3 is 4.79 Å². The van der Waals surface area contributed by atoms with Crippen molar-refractivity contribution in [3.05, 3.63) is 0 Å². The van der Waals surface area contributed by atoms with E-state index < -0.39 is 0 Å². The van der Waals surface area contributed by atoms with Crippen LogP contribution in [0.2, 0.25) is 0 Å². The van der Waals surface area contributed by atoms with Gasteiger partial charge in [0.2, 0.25) is 0 Å². The van der Waals surface area contributed by atoms with Crippen molar-refractivity contribution in [3.8, 4) is 0 Å². The lowest BCUT2D eigenvalue weighted by Gasteiger charge is -2.05. The third-order valence-corrected chi connectivity index (χ3v) is 2.11. The third kappa shape index (κ3) is 9.43. The first-order valence-corrected chi connectivity index (χ1v) is 5.53. The van der Waals surface area contributed by atoms with Gasteiger partial charge in [0.15, 0.2) is 0 Å². The summed E-state index contributed by atoms with van der Waals surface area (Å²) in [6.07, 6.45) is 5.96. The van der Waals surface area contributed by atoms with Crippen molar-refractivity contribution >= 4 is 11.6 Å². The van der Waals surface area contributed by atoms with Crippen molar-refractivity contribution < 1.29 is 9.59 Å². The zero-order valence-electron chi connectivity index (χ0n) is 9.64. The Morgan fingerprint density at radius 2 is 1.71 bits per heavy atom. The number of hydrogen-bond acceptors (Lipinski definition) is 2. The number of carbonyl (C=O) groups excluding carboxylic acids is 2. The summed E-state index contributed by atoms with van der Waals surface area (Å²) in [5.41, 5.74) is 0. The third-order valence-electron chi connectivity index (χ3n) is 2.11. The maximum absolute atomic E-state index is 10.5. The van der Waals surface area contributed by atoms with E-state index in [0.29, 0.717) is 11.7 Å². The first kappa shape index (κ1) is 13.3. The minimum atomic E-state index is 0.287. The van der Waals surface area contributed by atoms with E-state index in [-0.39, 0.29) is 5.78 Å². The molecule has 1 rings (SSSR count). The van der Waals surface area contributed by atoms with E-state index in [1.54, 1.807) is 6.92 Å². The molecule has 0 atom stereocenters. The molecule has 1 aliphatic carbocycles. The molecule has 82 valence electrons. The predicted molar refractivity (Wildman–Crippen MR) is 58.2 cm³/mol. The zero-order chi connectivity index (χ0) is 11.0. The molecular formula is C12H22O2. The van der Waals surface area contributed by atoms with Gasteiger partial charge in [-0.3, -0.25) is 4.79 Å². The van der Waals surface area contributed by atoms with Crippen molar-refractivity contribution in [2.45, 2.75) is 59.3 Å². The average molecular weight is 198 g/mol. The fraction of sp³-hybridized carbons (Fsp3) is 0.833. The minimum absolute atomic E-state index is 0.287. The molecule has 0 aromatic heterocycles. The Morgan fingerprint density at radius 1 is 1.21 bits per heavy atom. The molecule has 1 saturated carbocycles. The van der Waals surface area contributed by atoms with Crippen molar-refractivity contribution in [2.75, 3.05) is 0 Å². The Hall–Kier alpha value is -0.660. The van der Waals surface area contributed by atoms with Crippen LogP contribution in [0.1, 0.15) is 59.3 Å². The maximum atomic E-state index is 10.5. The van der Waals surface area contributed by atoms with E-state index in [2.05, 4.69) is 0 Å². The van der Waals surface area contributed by atoms with E-state index in [1.807, 2.05) is 13.8 Å². The predicted octanol–water partition coefficient (Wildman–Crippen LogP) is 3.14. The van der Waals surface area contributed by atoms with Crippen molar-refractivity contribution in [2.24, 2.45) is 5.92 Å². The van der Waals surface area contributed by atoms with E-state index in [1.165, 1.54) is 6.42 Å². The monoisotopic (exact) mass is 198 g/mol. The Bertz CT molecular complexity index is 175. The van der Waals surface area contributed by atoms with Gasteiger partial charge in [0.1, 0.15) is 11.6 Å². The van der Waals surface area contributed by atoms with Crippen LogP contribution >= 0.6 is 0 Å². The molecular weight excluding hydrogens is 176 g/mol. The van der Waals surface area contributed by atoms with Gasteiger partial charge in [-0.25, -0.2) is 0 Å². The molecule has 14 heavy (non-hydrogen) atoms. The van der Waals surface area contributed by atoms with Crippen LogP contribution in [0.15, 0.2) is 0 Å². The van der Waals surface area contributed by atoms with Crippen molar-refractivity contribution in [3.63, 3.8) is 0 Å². The molecule has 0 radical (unpaired) electrons. The molecule has 0 heterocycles. The molecule has 2 heteroatoms. The highest BCUT2D eigenvalue weighted by Gasteiger charge is 2.05. The van der Waals surface area contributed by atoms with Crippen molar-refractivity contribution in [1.82, 2.24) is 0 Å². The van der Waals surface area contributed by atoms with Gasteiger partial charge in [0.05, 0.1) is 0 Å². The second kappa shape index (κ2) is 7.72. The first-order valence-electron chi connectivity index (χ1n) is 5.53. The molecule has 1 fully saturated rings. The van der Waals surface area contributed by atoms with Crippen LogP contribution in [0.25, 0.3) is 0 Å². The summed E-state index contributed by atoms with van der Waals surface area (Å²) in [7, 11) is 0. The van der Waals surface area contributed by atoms with E-state index in [4.69, 9.17) is 0 Å². The van der Waals surface area contributed by atoms with Gasteiger partial charge in [-0.1, -0.05) is 20.3 Å². The summed E-state index contributed by atoms with van der Waals surface area (Å²) >= 11 is 0. The van der Waals surface area contributed by atoms with Crippen LogP contribution in [0.4, 0.5) is 0 Å². The number of hydrogen-bond donors (Lipinski definition) is 0. The Balaban J connectivity index is 0.000000241. The second-order valence-electron chi connectivity index (χ2n) is 4.40. The lowest BCUT2D eigenvalue weighted by atomic mass is 10.00. The fourth-order valence-corrected chi connectivity index (χ4v) is 1.52. The summed E-state index contributed by atoms with van der Waals surface area (Å²) in [4.78, 5) is 20.7. The van der Waals surface area contributed by atoms with Crippen LogP contribution in [0.3, 0.4) is 0 Å². The molecule has 0 aliphatic heterocycles. The molecule has 0 spiro atoms. The summed E-state index contributed by atoms with van der Waals surface area (Å²) in [5, 5.41) is 0. The molecule has 1 aliphatic rings. The standard InChI is InChI=1S/C6H10O.C6H12O/c7-6-4-2-1-3-5-6;1-5(2)4-6(3)7/h1-5H2;5H,4H2,1-3H3. The molecule has 0 unspecified atom stereocenters. The van der Waals surface area contributed by atoms with Gasteiger partial charge in [-0.05, 0) is 25.7 Å². The lowest BCUT2D eigenvalue weighted by Crippen LogP contribution is -2.02. The largest absolute Gasteiger partial charge is 0.300 e. The van der Waals surface area contributed by atoms with Gasteiger partial charge in [-0.2, -0.15) is 0 Å². The topological polar surface area (TPSA) is 34.1 Å². The SMILES string of the molecule is CC(=O)CC(C)C.O=C1CCCCC1. The van der Waals surface area contributed by atoms with E-state index in [0.717, 1.165) is 32.1 Å². The molecule has 2 nitrogen and oxygen atoms in total.